The lowest BCUT2D eigenvalue weighted by Gasteiger charge is -2.27. The van der Waals surface area contributed by atoms with E-state index in [1.54, 1.807) is 23.1 Å². The largest absolute Gasteiger partial charge is 0.507 e. The topological polar surface area (TPSA) is 108 Å². The molecule has 0 saturated carbocycles. The molecule has 0 aliphatic carbocycles. The molecule has 1 unspecified atom stereocenters. The lowest BCUT2D eigenvalue weighted by Crippen LogP contribution is -2.31. The quantitative estimate of drug-likeness (QED) is 0.326. The molecule has 186 valence electrons. The van der Waals surface area contributed by atoms with Gasteiger partial charge in [-0.2, -0.15) is 5.10 Å². The van der Waals surface area contributed by atoms with Crippen LogP contribution in [0.15, 0.2) is 42.5 Å². The number of H-pyrrole nitrogens is 1. The van der Waals surface area contributed by atoms with Gasteiger partial charge in [0, 0.05) is 24.3 Å². The second-order valence-corrected chi connectivity index (χ2v) is 8.55. The van der Waals surface area contributed by atoms with Crippen LogP contribution in [0.2, 0.25) is 0 Å². The van der Waals surface area contributed by atoms with Gasteiger partial charge in [-0.1, -0.05) is 38.0 Å². The fourth-order valence-corrected chi connectivity index (χ4v) is 4.51. The number of nitrogens with one attached hydrogen (secondary N) is 1. The molecule has 8 heteroatoms. The SMILES string of the molecule is CCCCCOc1ccc(C2c3c(-c4ccccc4O)n[nH]c3C(=O)N2CCCO)cc1OCC. The van der Waals surface area contributed by atoms with Crippen molar-refractivity contribution in [3.63, 3.8) is 0 Å². The summed E-state index contributed by atoms with van der Waals surface area (Å²) in [5, 5.41) is 27.2. The number of phenols is 1. The number of aliphatic hydroxyl groups is 1. The van der Waals surface area contributed by atoms with Crippen molar-refractivity contribution < 1.29 is 24.5 Å². The van der Waals surface area contributed by atoms with Crippen LogP contribution in [-0.2, 0) is 0 Å². The zero-order chi connectivity index (χ0) is 24.8. The molecule has 0 saturated heterocycles. The molecule has 1 aliphatic heterocycles. The Bertz CT molecular complexity index is 1160. The van der Waals surface area contributed by atoms with Crippen LogP contribution in [0, 0.1) is 0 Å². The highest BCUT2D eigenvalue weighted by atomic mass is 16.5. The van der Waals surface area contributed by atoms with Crippen LogP contribution in [0.5, 0.6) is 17.2 Å². The number of hydrogen-bond acceptors (Lipinski definition) is 6. The van der Waals surface area contributed by atoms with Gasteiger partial charge in [-0.3, -0.25) is 9.89 Å². The van der Waals surface area contributed by atoms with Gasteiger partial charge in [0.15, 0.2) is 11.5 Å². The van der Waals surface area contributed by atoms with Crippen LogP contribution >= 0.6 is 0 Å². The van der Waals surface area contributed by atoms with Crippen LogP contribution < -0.4 is 9.47 Å². The van der Waals surface area contributed by atoms with E-state index in [9.17, 15) is 15.0 Å². The Balaban J connectivity index is 1.77. The van der Waals surface area contributed by atoms with E-state index in [0.717, 1.165) is 24.8 Å². The molecule has 0 fully saturated rings. The molecule has 3 N–H and O–H groups in total. The van der Waals surface area contributed by atoms with E-state index in [2.05, 4.69) is 17.1 Å². The standard InChI is InChI=1S/C27H33N3O5/c1-3-5-8-16-35-21-13-12-18(17-22(21)34-4-2)26-23-24(19-10-6-7-11-20(19)32)28-29-25(23)27(33)30(26)14-9-15-31/h6-7,10-13,17,26,31-32H,3-5,8-9,14-16H2,1-2H3,(H,28,29). The first-order chi connectivity index (χ1) is 17.1. The highest BCUT2D eigenvalue weighted by molar-refractivity contribution is 6.00. The van der Waals surface area contributed by atoms with E-state index in [0.29, 0.717) is 60.2 Å². The number of aromatic nitrogens is 2. The zero-order valence-electron chi connectivity index (χ0n) is 20.3. The van der Waals surface area contributed by atoms with Crippen molar-refractivity contribution in [2.75, 3.05) is 26.4 Å². The number of benzene rings is 2. The van der Waals surface area contributed by atoms with Crippen molar-refractivity contribution in [2.24, 2.45) is 0 Å². The first-order valence-corrected chi connectivity index (χ1v) is 12.3. The number of aromatic amines is 1. The van der Waals surface area contributed by atoms with Gasteiger partial charge in [-0.25, -0.2) is 0 Å². The number of phenolic OH excluding ortho intramolecular Hbond substituents is 1. The van der Waals surface area contributed by atoms with Gasteiger partial charge in [0.1, 0.15) is 17.1 Å². The van der Waals surface area contributed by atoms with Gasteiger partial charge in [-0.15, -0.1) is 0 Å². The van der Waals surface area contributed by atoms with Crippen LogP contribution in [0.3, 0.4) is 0 Å². The predicted octanol–water partition coefficient (Wildman–Crippen LogP) is 4.68. The van der Waals surface area contributed by atoms with Crippen LogP contribution in [0.1, 0.15) is 67.2 Å². The minimum atomic E-state index is -0.453. The molecule has 1 aliphatic rings. The van der Waals surface area contributed by atoms with Crippen LogP contribution in [-0.4, -0.2) is 57.6 Å². The van der Waals surface area contributed by atoms with Crippen LogP contribution in [0.4, 0.5) is 0 Å². The maximum atomic E-state index is 13.4. The fourth-order valence-electron chi connectivity index (χ4n) is 4.51. The molecule has 3 aromatic rings. The lowest BCUT2D eigenvalue weighted by molar-refractivity contribution is 0.0732. The predicted molar refractivity (Wildman–Crippen MR) is 133 cm³/mol. The van der Waals surface area contributed by atoms with Crippen molar-refractivity contribution in [3.8, 4) is 28.5 Å². The minimum absolute atomic E-state index is 0.0241. The third-order valence-electron chi connectivity index (χ3n) is 6.17. The summed E-state index contributed by atoms with van der Waals surface area (Å²) in [5.41, 5.74) is 3.02. The molecule has 2 heterocycles. The van der Waals surface area contributed by atoms with E-state index < -0.39 is 6.04 Å². The normalized spacial score (nSPS) is 14.9. The molecule has 0 radical (unpaired) electrons. The third kappa shape index (κ3) is 4.98. The highest BCUT2D eigenvalue weighted by Gasteiger charge is 2.42. The zero-order valence-corrected chi connectivity index (χ0v) is 20.3. The van der Waals surface area contributed by atoms with Crippen molar-refractivity contribution in [1.29, 1.82) is 0 Å². The van der Waals surface area contributed by atoms with Crippen molar-refractivity contribution in [1.82, 2.24) is 15.1 Å². The monoisotopic (exact) mass is 479 g/mol. The Morgan fingerprint density at radius 2 is 1.89 bits per heavy atom. The summed E-state index contributed by atoms with van der Waals surface area (Å²) in [4.78, 5) is 15.1. The molecule has 8 nitrogen and oxygen atoms in total. The number of amides is 1. The minimum Gasteiger partial charge on any atom is -0.507 e. The second-order valence-electron chi connectivity index (χ2n) is 8.55. The second kappa shape index (κ2) is 11.3. The Morgan fingerprint density at radius 3 is 2.63 bits per heavy atom. The van der Waals surface area contributed by atoms with E-state index in [1.807, 2.05) is 31.2 Å². The van der Waals surface area contributed by atoms with E-state index in [4.69, 9.17) is 9.47 Å². The summed E-state index contributed by atoms with van der Waals surface area (Å²) in [5.74, 6) is 1.20. The first kappa shape index (κ1) is 24.6. The maximum absolute atomic E-state index is 13.4. The number of rotatable bonds is 12. The van der Waals surface area contributed by atoms with E-state index in [1.165, 1.54) is 0 Å². The molecule has 1 atom stereocenters. The van der Waals surface area contributed by atoms with Crippen molar-refractivity contribution in [2.45, 2.75) is 45.6 Å². The number of nitrogens with zero attached hydrogens (tertiary/aromatic N) is 2. The number of unbranched alkanes of at least 4 members (excludes halogenated alkanes) is 2. The number of ether oxygens (including phenoxy) is 2. The number of aliphatic hydroxyl groups excluding tert-OH is 1. The Kier molecular flexibility index (Phi) is 7.92. The lowest BCUT2D eigenvalue weighted by atomic mass is 9.95. The molecule has 4 rings (SSSR count). The number of fused-ring (bicyclic) bond motifs is 1. The van der Waals surface area contributed by atoms with Crippen LogP contribution in [0.25, 0.3) is 11.3 Å². The molecular weight excluding hydrogens is 446 g/mol. The average molecular weight is 480 g/mol. The van der Waals surface area contributed by atoms with Gasteiger partial charge >= 0.3 is 0 Å². The van der Waals surface area contributed by atoms with E-state index >= 15 is 0 Å². The number of aromatic hydroxyl groups is 1. The molecule has 0 bridgehead atoms. The number of hydrogen-bond donors (Lipinski definition) is 3. The average Bonchev–Trinajstić information content (AvgIpc) is 3.40. The first-order valence-electron chi connectivity index (χ1n) is 12.3. The van der Waals surface area contributed by atoms with E-state index in [-0.39, 0.29) is 18.3 Å². The smallest absolute Gasteiger partial charge is 0.273 e. The van der Waals surface area contributed by atoms with Gasteiger partial charge in [-0.05, 0) is 49.6 Å². The fraction of sp³-hybridized carbons (Fsp3) is 0.407. The number of para-hydroxylation sites is 1. The summed E-state index contributed by atoms with van der Waals surface area (Å²) < 4.78 is 11.9. The molecule has 1 amide bonds. The summed E-state index contributed by atoms with van der Waals surface area (Å²) in [6.45, 7) is 5.52. The molecular formula is C27H33N3O5. The number of carbonyl (C=O) groups excluding carboxylic acids is 1. The maximum Gasteiger partial charge on any atom is 0.273 e. The Morgan fingerprint density at radius 1 is 1.06 bits per heavy atom. The third-order valence-corrected chi connectivity index (χ3v) is 6.17. The van der Waals surface area contributed by atoms with Crippen molar-refractivity contribution in [3.05, 3.63) is 59.3 Å². The molecule has 35 heavy (non-hydrogen) atoms. The highest BCUT2D eigenvalue weighted by Crippen LogP contribution is 2.45. The summed E-state index contributed by atoms with van der Waals surface area (Å²) >= 11 is 0. The van der Waals surface area contributed by atoms with Crippen molar-refractivity contribution >= 4 is 5.91 Å². The Hall–Kier alpha value is -3.52. The molecule has 2 aromatic carbocycles. The summed E-state index contributed by atoms with van der Waals surface area (Å²) in [7, 11) is 0. The summed E-state index contributed by atoms with van der Waals surface area (Å²) in [6, 6.07) is 12.2. The Labute approximate surface area is 205 Å². The molecule has 1 aromatic heterocycles. The van der Waals surface area contributed by atoms with Gasteiger partial charge in [0.05, 0.1) is 19.3 Å². The van der Waals surface area contributed by atoms with Gasteiger partial charge in [0.25, 0.3) is 5.91 Å². The van der Waals surface area contributed by atoms with Gasteiger partial charge < -0.3 is 24.6 Å². The number of carbonyl (C=O) groups is 1. The van der Waals surface area contributed by atoms with Gasteiger partial charge in [0.2, 0.25) is 0 Å². The molecule has 0 spiro atoms. The summed E-state index contributed by atoms with van der Waals surface area (Å²) in [6.07, 6.45) is 3.64.